The molecular formula is C7H6N4O. The van der Waals surface area contributed by atoms with Gasteiger partial charge in [0, 0.05) is 12.4 Å². The topological polar surface area (TPSA) is 77.8 Å². The van der Waals surface area contributed by atoms with E-state index in [1.807, 2.05) is 0 Å². The van der Waals surface area contributed by atoms with Gasteiger partial charge in [-0.1, -0.05) is 5.16 Å². The molecule has 0 amide bonds. The average Bonchev–Trinajstić information content (AvgIpc) is 2.53. The van der Waals surface area contributed by atoms with E-state index in [0.717, 1.165) is 0 Å². The number of aromatic nitrogens is 3. The molecule has 0 atom stereocenters. The van der Waals surface area contributed by atoms with Gasteiger partial charge in [0.2, 0.25) is 11.6 Å². The molecule has 0 spiro atoms. The van der Waals surface area contributed by atoms with Crippen molar-refractivity contribution in [2.75, 3.05) is 5.73 Å². The molecule has 2 aromatic rings. The molecule has 2 N–H and O–H groups in total. The van der Waals surface area contributed by atoms with E-state index in [9.17, 15) is 0 Å². The normalized spacial score (nSPS) is 10.0. The average molecular weight is 162 g/mol. The maximum absolute atomic E-state index is 5.54. The number of nitrogens with zero attached hydrogens (tertiary/aromatic N) is 3. The quantitative estimate of drug-likeness (QED) is 0.668. The summed E-state index contributed by atoms with van der Waals surface area (Å²) in [5.74, 6) is 0.864. The van der Waals surface area contributed by atoms with Crippen molar-refractivity contribution in [3.8, 4) is 11.6 Å². The molecule has 60 valence electrons. The Kier molecular flexibility index (Phi) is 1.48. The van der Waals surface area contributed by atoms with Gasteiger partial charge in [0.1, 0.15) is 5.69 Å². The van der Waals surface area contributed by atoms with Crippen LogP contribution in [0.3, 0.4) is 0 Å². The van der Waals surface area contributed by atoms with Gasteiger partial charge in [0.05, 0.1) is 6.20 Å². The zero-order chi connectivity index (χ0) is 8.39. The highest BCUT2D eigenvalue weighted by Crippen LogP contribution is 2.20. The maximum atomic E-state index is 5.54. The molecule has 0 saturated heterocycles. The van der Waals surface area contributed by atoms with Crippen molar-refractivity contribution in [1.29, 1.82) is 0 Å². The van der Waals surface area contributed by atoms with Crippen LogP contribution in [-0.4, -0.2) is 15.1 Å². The zero-order valence-electron chi connectivity index (χ0n) is 6.14. The second kappa shape index (κ2) is 2.61. The molecule has 0 saturated carbocycles. The molecule has 12 heavy (non-hydrogen) atoms. The summed E-state index contributed by atoms with van der Waals surface area (Å²) in [6.07, 6.45) is 4.65. The minimum absolute atomic E-state index is 0.413. The van der Waals surface area contributed by atoms with E-state index in [1.165, 1.54) is 6.20 Å². The van der Waals surface area contributed by atoms with Crippen LogP contribution in [0.2, 0.25) is 0 Å². The Morgan fingerprint density at radius 3 is 2.58 bits per heavy atom. The van der Waals surface area contributed by atoms with E-state index in [2.05, 4.69) is 15.1 Å². The van der Waals surface area contributed by atoms with Crippen molar-refractivity contribution in [2.24, 2.45) is 0 Å². The minimum atomic E-state index is 0.413. The van der Waals surface area contributed by atoms with Crippen LogP contribution in [0.4, 0.5) is 5.69 Å². The number of nitrogen functional groups attached to an aromatic ring is 1. The fraction of sp³-hybridized carbons (Fsp3) is 0. The van der Waals surface area contributed by atoms with Gasteiger partial charge in [-0.15, -0.1) is 0 Å². The summed E-state index contributed by atoms with van der Waals surface area (Å²) in [7, 11) is 0. The first-order valence-electron chi connectivity index (χ1n) is 3.35. The van der Waals surface area contributed by atoms with Crippen molar-refractivity contribution in [1.82, 2.24) is 15.1 Å². The summed E-state index contributed by atoms with van der Waals surface area (Å²) in [4.78, 5) is 7.91. The molecule has 0 bridgehead atoms. The lowest BCUT2D eigenvalue weighted by atomic mass is 10.4. The van der Waals surface area contributed by atoms with Crippen LogP contribution in [0.25, 0.3) is 11.6 Å². The molecule has 2 aromatic heterocycles. The molecular weight excluding hydrogens is 156 g/mol. The summed E-state index contributed by atoms with van der Waals surface area (Å²) in [6.45, 7) is 0. The minimum Gasteiger partial charge on any atom is -0.394 e. The van der Waals surface area contributed by atoms with Gasteiger partial charge in [0.15, 0.2) is 0 Å². The highest BCUT2D eigenvalue weighted by Gasteiger charge is 2.08. The van der Waals surface area contributed by atoms with Gasteiger partial charge < -0.3 is 10.3 Å². The zero-order valence-corrected chi connectivity index (χ0v) is 6.14. The van der Waals surface area contributed by atoms with Crippen LogP contribution in [0.5, 0.6) is 0 Å². The lowest BCUT2D eigenvalue weighted by Crippen LogP contribution is -1.89. The first kappa shape index (κ1) is 6.78. The van der Waals surface area contributed by atoms with Crippen molar-refractivity contribution in [2.45, 2.75) is 0 Å². The summed E-state index contributed by atoms with van der Waals surface area (Å²) in [6, 6.07) is 1.72. The van der Waals surface area contributed by atoms with E-state index in [0.29, 0.717) is 17.3 Å². The molecule has 2 heterocycles. The third-order valence-corrected chi connectivity index (χ3v) is 1.37. The van der Waals surface area contributed by atoms with Gasteiger partial charge in [-0.3, -0.25) is 0 Å². The third kappa shape index (κ3) is 1.01. The van der Waals surface area contributed by atoms with Crippen LogP contribution >= 0.6 is 0 Å². The second-order valence-corrected chi connectivity index (χ2v) is 2.18. The summed E-state index contributed by atoms with van der Waals surface area (Å²) < 4.78 is 4.85. The van der Waals surface area contributed by atoms with E-state index < -0.39 is 0 Å². The molecule has 2 rings (SSSR count). The monoisotopic (exact) mass is 162 g/mol. The van der Waals surface area contributed by atoms with Crippen LogP contribution in [0, 0.1) is 0 Å². The summed E-state index contributed by atoms with van der Waals surface area (Å²) >= 11 is 0. The lowest BCUT2D eigenvalue weighted by Gasteiger charge is -1.92. The lowest BCUT2D eigenvalue weighted by molar-refractivity contribution is 0.430. The first-order valence-corrected chi connectivity index (χ1v) is 3.35. The van der Waals surface area contributed by atoms with Crippen molar-refractivity contribution >= 4 is 5.69 Å². The molecule has 0 radical (unpaired) electrons. The van der Waals surface area contributed by atoms with E-state index in [-0.39, 0.29) is 0 Å². The highest BCUT2D eigenvalue weighted by atomic mass is 16.5. The van der Waals surface area contributed by atoms with E-state index in [1.54, 1.807) is 18.5 Å². The molecule has 5 nitrogen and oxygen atoms in total. The SMILES string of the molecule is Nc1cnoc1-c1ncccn1. The predicted molar refractivity (Wildman–Crippen MR) is 41.9 cm³/mol. The molecule has 0 aliphatic rings. The van der Waals surface area contributed by atoms with Crippen LogP contribution in [0.15, 0.2) is 29.2 Å². The highest BCUT2D eigenvalue weighted by molar-refractivity contribution is 5.63. The Labute approximate surface area is 68.2 Å². The van der Waals surface area contributed by atoms with Crippen molar-refractivity contribution in [3.05, 3.63) is 24.7 Å². The number of hydrogen-bond acceptors (Lipinski definition) is 5. The molecule has 0 aromatic carbocycles. The number of anilines is 1. The smallest absolute Gasteiger partial charge is 0.226 e. The van der Waals surface area contributed by atoms with E-state index >= 15 is 0 Å². The van der Waals surface area contributed by atoms with Gasteiger partial charge in [-0.25, -0.2) is 9.97 Å². The Morgan fingerprint density at radius 1 is 1.25 bits per heavy atom. The third-order valence-electron chi connectivity index (χ3n) is 1.37. The Morgan fingerprint density at radius 2 is 2.00 bits per heavy atom. The van der Waals surface area contributed by atoms with E-state index in [4.69, 9.17) is 10.3 Å². The Balaban J connectivity index is 2.51. The first-order chi connectivity index (χ1) is 5.88. The molecule has 5 heteroatoms. The molecule has 0 unspecified atom stereocenters. The number of nitrogens with two attached hydrogens (primary N) is 1. The fourth-order valence-electron chi connectivity index (χ4n) is 0.833. The van der Waals surface area contributed by atoms with Gasteiger partial charge >= 0.3 is 0 Å². The fourth-order valence-corrected chi connectivity index (χ4v) is 0.833. The van der Waals surface area contributed by atoms with Crippen LogP contribution in [-0.2, 0) is 0 Å². The van der Waals surface area contributed by atoms with Gasteiger partial charge in [0.25, 0.3) is 0 Å². The Hall–Kier alpha value is -1.91. The maximum Gasteiger partial charge on any atom is 0.226 e. The largest absolute Gasteiger partial charge is 0.394 e. The summed E-state index contributed by atoms with van der Waals surface area (Å²) in [5, 5.41) is 3.52. The predicted octanol–water partition coefficient (Wildman–Crippen LogP) is 0.714. The number of rotatable bonds is 1. The van der Waals surface area contributed by atoms with Crippen LogP contribution in [0.1, 0.15) is 0 Å². The van der Waals surface area contributed by atoms with Gasteiger partial charge in [-0.05, 0) is 6.07 Å². The second-order valence-electron chi connectivity index (χ2n) is 2.18. The standard InChI is InChI=1S/C7H6N4O/c8-5-4-11-12-6(5)7-9-2-1-3-10-7/h1-4H,8H2. The molecule has 0 fully saturated rings. The van der Waals surface area contributed by atoms with Crippen LogP contribution < -0.4 is 5.73 Å². The molecule has 0 aliphatic carbocycles. The van der Waals surface area contributed by atoms with Crippen molar-refractivity contribution in [3.63, 3.8) is 0 Å². The van der Waals surface area contributed by atoms with Crippen molar-refractivity contribution < 1.29 is 4.52 Å². The molecule has 0 aliphatic heterocycles. The van der Waals surface area contributed by atoms with Gasteiger partial charge in [-0.2, -0.15) is 0 Å². The Bertz CT molecular complexity index is 370. The number of hydrogen-bond donors (Lipinski definition) is 1. The summed E-state index contributed by atoms with van der Waals surface area (Å²) in [5.41, 5.74) is 5.98.